The first-order chi connectivity index (χ1) is 10.7. The lowest BCUT2D eigenvalue weighted by Crippen LogP contribution is -2.39. The van der Waals surface area contributed by atoms with Crippen molar-refractivity contribution in [3.63, 3.8) is 0 Å². The lowest BCUT2D eigenvalue weighted by atomic mass is 9.75. The summed E-state index contributed by atoms with van der Waals surface area (Å²) in [6, 6.07) is 0. The molecular formula is C17H25ClO4. The fourth-order valence-electron chi connectivity index (χ4n) is 3.33. The van der Waals surface area contributed by atoms with Gasteiger partial charge in [-0.3, -0.25) is 0 Å². The average molecular weight is 329 g/mol. The number of halogens is 1. The van der Waals surface area contributed by atoms with E-state index in [1.54, 1.807) is 0 Å². The molecule has 2 rings (SSSR count). The van der Waals surface area contributed by atoms with Crippen molar-refractivity contribution < 1.29 is 19.0 Å². The highest BCUT2D eigenvalue weighted by Crippen LogP contribution is 2.37. The highest BCUT2D eigenvalue weighted by molar-refractivity contribution is 6.26. The van der Waals surface area contributed by atoms with Crippen molar-refractivity contribution >= 4 is 17.6 Å². The monoisotopic (exact) mass is 328 g/mol. The predicted octanol–water partition coefficient (Wildman–Crippen LogP) is 4.00. The number of carbonyl (C=O) groups excluding carboxylic acids is 1. The quantitative estimate of drug-likeness (QED) is 0.420. The van der Waals surface area contributed by atoms with Crippen LogP contribution >= 0.6 is 11.6 Å². The zero-order chi connectivity index (χ0) is 15.8. The Morgan fingerprint density at radius 2 is 1.86 bits per heavy atom. The van der Waals surface area contributed by atoms with E-state index in [9.17, 15) is 4.79 Å². The number of carbonyl (C=O) groups is 1. The molecule has 0 aromatic heterocycles. The van der Waals surface area contributed by atoms with Crippen LogP contribution < -0.4 is 0 Å². The largest absolute Gasteiger partial charge is 0.407 e. The van der Waals surface area contributed by atoms with Crippen LogP contribution in [0.25, 0.3) is 0 Å². The van der Waals surface area contributed by atoms with Crippen molar-refractivity contribution in [2.75, 3.05) is 13.2 Å². The van der Waals surface area contributed by atoms with Crippen LogP contribution in [0.1, 0.15) is 38.5 Å². The van der Waals surface area contributed by atoms with Gasteiger partial charge in [-0.1, -0.05) is 30.5 Å². The molecule has 0 N–H and O–H groups in total. The van der Waals surface area contributed by atoms with Gasteiger partial charge in [0, 0.05) is 17.5 Å². The maximum absolute atomic E-state index is 11.3. The Morgan fingerprint density at radius 3 is 2.45 bits per heavy atom. The van der Waals surface area contributed by atoms with Gasteiger partial charge in [-0.25, -0.2) is 4.79 Å². The van der Waals surface area contributed by atoms with E-state index >= 15 is 0 Å². The topological polar surface area (TPSA) is 44.8 Å². The number of rotatable bonds is 6. The van der Waals surface area contributed by atoms with Gasteiger partial charge >= 0.3 is 12.4 Å². The maximum atomic E-state index is 11.3. The smallest absolute Gasteiger partial charge is 0.335 e. The van der Waals surface area contributed by atoms with Crippen LogP contribution in [0.5, 0.6) is 0 Å². The minimum Gasteiger partial charge on any atom is -0.407 e. The van der Waals surface area contributed by atoms with Gasteiger partial charge in [0.05, 0.1) is 13.2 Å². The molecule has 1 saturated heterocycles. The third-order valence-corrected chi connectivity index (χ3v) is 4.77. The number of allylic oxidation sites excluding steroid dienone is 1. The van der Waals surface area contributed by atoms with Crippen LogP contribution in [-0.2, 0) is 19.0 Å². The van der Waals surface area contributed by atoms with E-state index in [4.69, 9.17) is 25.8 Å². The van der Waals surface area contributed by atoms with Crippen molar-refractivity contribution in [1.29, 1.82) is 0 Å². The van der Waals surface area contributed by atoms with E-state index < -0.39 is 12.4 Å². The molecule has 124 valence electrons. The summed E-state index contributed by atoms with van der Waals surface area (Å²) in [7, 11) is 0. The van der Waals surface area contributed by atoms with Crippen molar-refractivity contribution in [2.45, 2.75) is 45.0 Å². The molecule has 0 radical (unpaired) electrons. The fourth-order valence-corrected chi connectivity index (χ4v) is 3.43. The molecule has 2 fully saturated rings. The molecule has 0 atom stereocenters. The van der Waals surface area contributed by atoms with E-state index in [0.29, 0.717) is 25.0 Å². The molecule has 0 amide bonds. The lowest BCUT2D eigenvalue weighted by Gasteiger charge is -2.37. The molecule has 4 nitrogen and oxygen atoms in total. The Labute approximate surface area is 137 Å². The van der Waals surface area contributed by atoms with Crippen molar-refractivity contribution in [2.24, 2.45) is 17.8 Å². The Hall–Kier alpha value is -0.840. The summed E-state index contributed by atoms with van der Waals surface area (Å²) in [6.45, 7) is 4.07. The Kier molecular flexibility index (Phi) is 7.43. The number of hydrogen-bond donors (Lipinski definition) is 0. The summed E-state index contributed by atoms with van der Waals surface area (Å²) in [4.78, 5) is 11.3. The molecule has 2 aliphatic rings. The van der Waals surface area contributed by atoms with Gasteiger partial charge in [0.15, 0.2) is 0 Å². The maximum Gasteiger partial charge on any atom is 0.335 e. The molecular weight excluding hydrogens is 304 g/mol. The van der Waals surface area contributed by atoms with Crippen LogP contribution in [0.2, 0.25) is 0 Å². The van der Waals surface area contributed by atoms with E-state index in [1.165, 1.54) is 32.1 Å². The molecule has 0 spiro atoms. The molecule has 0 aromatic rings. The molecule has 0 aromatic carbocycles. The van der Waals surface area contributed by atoms with Gasteiger partial charge < -0.3 is 14.2 Å². The Morgan fingerprint density at radius 1 is 1.18 bits per heavy atom. The molecule has 0 bridgehead atoms. The first-order valence-electron chi connectivity index (χ1n) is 8.04. The molecule has 5 heteroatoms. The van der Waals surface area contributed by atoms with Crippen LogP contribution in [0.15, 0.2) is 24.3 Å². The van der Waals surface area contributed by atoms with Gasteiger partial charge in [-0.05, 0) is 37.5 Å². The summed E-state index contributed by atoms with van der Waals surface area (Å²) >= 11 is 5.31. The average Bonchev–Trinajstić information content (AvgIpc) is 2.54. The van der Waals surface area contributed by atoms with Crippen molar-refractivity contribution in [3.05, 3.63) is 24.3 Å². The minimum absolute atomic E-state index is 0.402. The number of hydrogen-bond acceptors (Lipinski definition) is 4. The SMILES string of the molecule is C=CCCC1CCC(C2COC(OC(=O)C=CCl)OC2)CC1. The zero-order valence-electron chi connectivity index (χ0n) is 12.9. The fraction of sp³-hybridized carbons (Fsp3) is 0.706. The van der Waals surface area contributed by atoms with Crippen molar-refractivity contribution in [1.82, 2.24) is 0 Å². The Bertz CT molecular complexity index is 380. The van der Waals surface area contributed by atoms with Gasteiger partial charge in [-0.2, -0.15) is 0 Å². The molecule has 1 aliphatic carbocycles. The normalized spacial score (nSPS) is 32.8. The van der Waals surface area contributed by atoms with Gasteiger partial charge in [0.1, 0.15) is 0 Å². The van der Waals surface area contributed by atoms with Gasteiger partial charge in [0.25, 0.3) is 0 Å². The highest BCUT2D eigenvalue weighted by atomic mass is 35.5. The predicted molar refractivity (Wildman–Crippen MR) is 85.1 cm³/mol. The summed E-state index contributed by atoms with van der Waals surface area (Å²) in [5, 5.41) is 0. The minimum atomic E-state index is -0.902. The van der Waals surface area contributed by atoms with E-state index in [2.05, 4.69) is 6.58 Å². The van der Waals surface area contributed by atoms with Crippen LogP contribution in [0.4, 0.5) is 0 Å². The second-order valence-electron chi connectivity index (χ2n) is 6.09. The second kappa shape index (κ2) is 9.33. The zero-order valence-corrected chi connectivity index (χ0v) is 13.7. The van der Waals surface area contributed by atoms with E-state index in [1.807, 2.05) is 6.08 Å². The van der Waals surface area contributed by atoms with Crippen molar-refractivity contribution in [3.8, 4) is 0 Å². The van der Waals surface area contributed by atoms with E-state index in [-0.39, 0.29) is 0 Å². The first-order valence-corrected chi connectivity index (χ1v) is 8.48. The molecule has 0 unspecified atom stereocenters. The highest BCUT2D eigenvalue weighted by Gasteiger charge is 2.32. The second-order valence-corrected chi connectivity index (χ2v) is 6.34. The van der Waals surface area contributed by atoms with Crippen LogP contribution in [-0.4, -0.2) is 25.7 Å². The summed E-state index contributed by atoms with van der Waals surface area (Å²) in [5.41, 5.74) is 1.11. The van der Waals surface area contributed by atoms with Crippen LogP contribution in [0.3, 0.4) is 0 Å². The third kappa shape index (κ3) is 5.41. The lowest BCUT2D eigenvalue weighted by molar-refractivity contribution is -0.311. The standard InChI is InChI=1S/C17H25ClO4/c1-2-3-4-13-5-7-14(8-6-13)15-11-20-17(21-12-15)22-16(19)9-10-18/h2,9-10,13-15,17H,1,3-8,11-12H2. The molecule has 1 heterocycles. The number of ether oxygens (including phenoxy) is 3. The summed E-state index contributed by atoms with van der Waals surface area (Å²) < 4.78 is 16.0. The number of esters is 1. The molecule has 22 heavy (non-hydrogen) atoms. The van der Waals surface area contributed by atoms with Crippen LogP contribution in [0, 0.1) is 17.8 Å². The van der Waals surface area contributed by atoms with E-state index in [0.717, 1.165) is 23.9 Å². The van der Waals surface area contributed by atoms with Gasteiger partial charge in [0.2, 0.25) is 0 Å². The molecule has 1 saturated carbocycles. The molecule has 1 aliphatic heterocycles. The summed E-state index contributed by atoms with van der Waals surface area (Å²) in [5.74, 6) is 1.34. The van der Waals surface area contributed by atoms with Gasteiger partial charge in [-0.15, -0.1) is 6.58 Å². The Balaban J connectivity index is 1.67. The third-order valence-electron chi connectivity index (χ3n) is 4.64. The first kappa shape index (κ1) is 17.5. The summed E-state index contributed by atoms with van der Waals surface area (Å²) in [6.07, 6.45) is 10.6.